The number of thioether (sulfide) groups is 1. The van der Waals surface area contributed by atoms with E-state index in [-0.39, 0.29) is 17.8 Å². The lowest BCUT2D eigenvalue weighted by Crippen LogP contribution is -2.41. The van der Waals surface area contributed by atoms with Gasteiger partial charge in [-0.2, -0.15) is 0 Å². The first kappa shape index (κ1) is 16.9. The van der Waals surface area contributed by atoms with E-state index in [0.29, 0.717) is 30.0 Å². The van der Waals surface area contributed by atoms with Crippen LogP contribution < -0.4 is 14.8 Å². The molecule has 1 N–H and O–H groups in total. The molecular weight excluding hydrogens is 374 g/mol. The van der Waals surface area contributed by atoms with Crippen molar-refractivity contribution in [3.8, 4) is 22.3 Å². The zero-order chi connectivity index (χ0) is 17.8. The summed E-state index contributed by atoms with van der Waals surface area (Å²) in [6.45, 7) is 0.774. The number of rotatable bonds is 6. The third-order valence-corrected chi connectivity index (χ3v) is 5.24. The molecule has 0 bridgehead atoms. The Hall–Kier alpha value is -2.52. The molecule has 1 aromatic carbocycles. The van der Waals surface area contributed by atoms with Crippen molar-refractivity contribution in [3.63, 3.8) is 0 Å². The molecular formula is C17H15N3O4S2. The van der Waals surface area contributed by atoms with Crippen LogP contribution in [0.15, 0.2) is 51.4 Å². The van der Waals surface area contributed by atoms with Gasteiger partial charge in [0, 0.05) is 0 Å². The summed E-state index contributed by atoms with van der Waals surface area (Å²) in [7, 11) is 0. The quantitative estimate of drug-likeness (QED) is 0.649. The number of hydrogen-bond acceptors (Lipinski definition) is 8. The van der Waals surface area contributed by atoms with Crippen LogP contribution in [0.3, 0.4) is 0 Å². The highest BCUT2D eigenvalue weighted by molar-refractivity contribution is 7.99. The van der Waals surface area contributed by atoms with E-state index in [9.17, 15) is 4.79 Å². The highest BCUT2D eigenvalue weighted by Crippen LogP contribution is 2.30. The van der Waals surface area contributed by atoms with Gasteiger partial charge in [-0.25, -0.2) is 0 Å². The Balaban J connectivity index is 1.23. The van der Waals surface area contributed by atoms with Gasteiger partial charge in [-0.15, -0.1) is 21.5 Å². The highest BCUT2D eigenvalue weighted by Gasteiger charge is 2.21. The van der Waals surface area contributed by atoms with Crippen LogP contribution in [-0.2, 0) is 4.79 Å². The number of amides is 1. The molecule has 0 aliphatic carbocycles. The van der Waals surface area contributed by atoms with E-state index < -0.39 is 0 Å². The fourth-order valence-corrected chi connectivity index (χ4v) is 3.57. The van der Waals surface area contributed by atoms with Crippen molar-refractivity contribution >= 4 is 29.0 Å². The van der Waals surface area contributed by atoms with Crippen LogP contribution in [0, 0.1) is 0 Å². The Labute approximate surface area is 157 Å². The van der Waals surface area contributed by atoms with Gasteiger partial charge >= 0.3 is 0 Å². The molecule has 26 heavy (non-hydrogen) atoms. The van der Waals surface area contributed by atoms with Crippen molar-refractivity contribution in [2.45, 2.75) is 11.3 Å². The minimum absolute atomic E-state index is 0.131. The molecule has 0 unspecified atom stereocenters. The van der Waals surface area contributed by atoms with E-state index >= 15 is 0 Å². The van der Waals surface area contributed by atoms with Gasteiger partial charge in [0.15, 0.2) is 11.5 Å². The molecule has 0 saturated heterocycles. The number of nitrogens with zero attached hydrogens (tertiary/aromatic N) is 2. The summed E-state index contributed by atoms with van der Waals surface area (Å²) in [6.07, 6.45) is -0.215. The summed E-state index contributed by atoms with van der Waals surface area (Å²) in [4.78, 5) is 12.9. The minimum atomic E-state index is -0.215. The lowest BCUT2D eigenvalue weighted by Gasteiger charge is -2.26. The van der Waals surface area contributed by atoms with E-state index in [1.165, 1.54) is 23.1 Å². The third-order valence-electron chi connectivity index (χ3n) is 3.56. The van der Waals surface area contributed by atoms with E-state index in [1.54, 1.807) is 0 Å². The molecule has 0 radical (unpaired) electrons. The van der Waals surface area contributed by atoms with Crippen LogP contribution in [-0.4, -0.2) is 41.1 Å². The molecule has 1 atom stereocenters. The summed E-state index contributed by atoms with van der Waals surface area (Å²) in [5.74, 6) is 1.95. The summed E-state index contributed by atoms with van der Waals surface area (Å²) < 4.78 is 17.0. The average molecular weight is 389 g/mol. The number of para-hydroxylation sites is 2. The number of thiophene rings is 1. The molecule has 0 spiro atoms. The number of ether oxygens (including phenoxy) is 2. The molecule has 2 aromatic heterocycles. The zero-order valence-electron chi connectivity index (χ0n) is 13.6. The number of hydrogen-bond donors (Lipinski definition) is 1. The monoisotopic (exact) mass is 389 g/mol. The predicted molar refractivity (Wildman–Crippen MR) is 97.7 cm³/mol. The number of aromatic nitrogens is 2. The van der Waals surface area contributed by atoms with Crippen molar-refractivity contribution in [1.29, 1.82) is 0 Å². The van der Waals surface area contributed by atoms with Crippen molar-refractivity contribution in [3.05, 3.63) is 41.8 Å². The van der Waals surface area contributed by atoms with Crippen LogP contribution in [0.5, 0.6) is 11.5 Å². The predicted octanol–water partition coefficient (Wildman–Crippen LogP) is 2.85. The highest BCUT2D eigenvalue weighted by atomic mass is 32.2. The second kappa shape index (κ2) is 7.79. The van der Waals surface area contributed by atoms with Gasteiger partial charge in [0.2, 0.25) is 5.91 Å². The van der Waals surface area contributed by atoms with Crippen molar-refractivity contribution in [2.24, 2.45) is 0 Å². The zero-order valence-corrected chi connectivity index (χ0v) is 15.2. The summed E-state index contributed by atoms with van der Waals surface area (Å²) in [6, 6.07) is 11.3. The van der Waals surface area contributed by atoms with E-state index in [0.717, 1.165) is 10.6 Å². The van der Waals surface area contributed by atoms with E-state index in [1.807, 2.05) is 41.8 Å². The molecule has 7 nitrogen and oxygen atoms in total. The van der Waals surface area contributed by atoms with Gasteiger partial charge in [0.05, 0.1) is 17.2 Å². The Kier molecular flexibility index (Phi) is 5.07. The lowest BCUT2D eigenvalue weighted by molar-refractivity contribution is -0.119. The second-order valence-electron chi connectivity index (χ2n) is 5.44. The largest absolute Gasteiger partial charge is 0.486 e. The summed E-state index contributed by atoms with van der Waals surface area (Å²) >= 11 is 2.72. The normalized spacial score (nSPS) is 15.6. The maximum Gasteiger partial charge on any atom is 0.277 e. The number of carbonyl (C=O) groups is 1. The maximum absolute atomic E-state index is 12.0. The smallest absolute Gasteiger partial charge is 0.277 e. The van der Waals surface area contributed by atoms with Crippen molar-refractivity contribution < 1.29 is 18.7 Å². The molecule has 1 amide bonds. The standard InChI is InChI=1S/C17H15N3O4S2/c21-15(10-26-17-20-19-16(24-17)14-6-3-7-25-14)18-8-11-9-22-12-4-1-2-5-13(12)23-11/h1-7,11H,8-10H2,(H,18,21)/t11-/m0/s1. The summed E-state index contributed by atoms with van der Waals surface area (Å²) in [5.41, 5.74) is 0. The maximum atomic E-state index is 12.0. The van der Waals surface area contributed by atoms with E-state index in [2.05, 4.69) is 15.5 Å². The molecule has 1 aliphatic rings. The second-order valence-corrected chi connectivity index (χ2v) is 7.32. The molecule has 0 saturated carbocycles. The molecule has 0 fully saturated rings. The Bertz CT molecular complexity index is 882. The fraction of sp³-hybridized carbons (Fsp3) is 0.235. The Morgan fingerprint density at radius 3 is 2.96 bits per heavy atom. The van der Waals surface area contributed by atoms with Crippen LogP contribution in [0.2, 0.25) is 0 Å². The van der Waals surface area contributed by atoms with Gasteiger partial charge < -0.3 is 19.2 Å². The van der Waals surface area contributed by atoms with Gasteiger partial charge in [0.1, 0.15) is 12.7 Å². The molecule has 9 heteroatoms. The third kappa shape index (κ3) is 4.00. The first-order valence-electron chi connectivity index (χ1n) is 7.93. The van der Waals surface area contributed by atoms with Gasteiger partial charge in [-0.05, 0) is 23.6 Å². The Morgan fingerprint density at radius 2 is 2.12 bits per heavy atom. The van der Waals surface area contributed by atoms with Gasteiger partial charge in [-0.3, -0.25) is 4.79 Å². The van der Waals surface area contributed by atoms with Gasteiger partial charge in [0.25, 0.3) is 11.1 Å². The first-order valence-corrected chi connectivity index (χ1v) is 9.80. The lowest BCUT2D eigenvalue weighted by atomic mass is 10.2. The number of carbonyl (C=O) groups excluding carboxylic acids is 1. The molecule has 1 aliphatic heterocycles. The topological polar surface area (TPSA) is 86.5 Å². The molecule has 3 heterocycles. The Morgan fingerprint density at radius 1 is 1.23 bits per heavy atom. The first-order chi connectivity index (χ1) is 12.8. The fourth-order valence-electron chi connectivity index (χ4n) is 2.34. The molecule has 134 valence electrons. The summed E-state index contributed by atoms with van der Waals surface area (Å²) in [5, 5.41) is 13.1. The molecule has 4 rings (SSSR count). The average Bonchev–Trinajstić information content (AvgIpc) is 3.36. The minimum Gasteiger partial charge on any atom is -0.486 e. The van der Waals surface area contributed by atoms with Crippen molar-refractivity contribution in [2.75, 3.05) is 18.9 Å². The van der Waals surface area contributed by atoms with Crippen LogP contribution >= 0.6 is 23.1 Å². The number of benzene rings is 1. The van der Waals surface area contributed by atoms with Crippen LogP contribution in [0.25, 0.3) is 10.8 Å². The number of fused-ring (bicyclic) bond motifs is 1. The molecule has 3 aromatic rings. The van der Waals surface area contributed by atoms with Gasteiger partial charge in [-0.1, -0.05) is 30.0 Å². The number of nitrogens with one attached hydrogen (secondary N) is 1. The van der Waals surface area contributed by atoms with Crippen LogP contribution in [0.1, 0.15) is 0 Å². The van der Waals surface area contributed by atoms with Crippen molar-refractivity contribution in [1.82, 2.24) is 15.5 Å². The van der Waals surface area contributed by atoms with E-state index in [4.69, 9.17) is 13.9 Å². The van der Waals surface area contributed by atoms with Crippen LogP contribution in [0.4, 0.5) is 0 Å². The SMILES string of the molecule is O=C(CSc1nnc(-c2cccs2)o1)NC[C@H]1COc2ccccc2O1.